The average molecular weight is 323 g/mol. The highest BCUT2D eigenvalue weighted by atomic mass is 79.9. The lowest BCUT2D eigenvalue weighted by atomic mass is 10.1. The second-order valence-electron chi connectivity index (χ2n) is 4.74. The van der Waals surface area contributed by atoms with Crippen molar-refractivity contribution in [2.24, 2.45) is 0 Å². The molecular weight excluding hydrogens is 304 g/mol. The van der Waals surface area contributed by atoms with E-state index in [4.69, 9.17) is 0 Å². The lowest BCUT2D eigenvalue weighted by molar-refractivity contribution is 0.920. The van der Waals surface area contributed by atoms with Gasteiger partial charge in [-0.15, -0.1) is 11.3 Å². The summed E-state index contributed by atoms with van der Waals surface area (Å²) in [5.41, 5.74) is 4.16. The van der Waals surface area contributed by atoms with Crippen molar-refractivity contribution in [3.63, 3.8) is 0 Å². The second-order valence-corrected chi connectivity index (χ2v) is 6.95. The number of thiophene rings is 1. The van der Waals surface area contributed by atoms with Crippen molar-refractivity contribution in [3.05, 3.63) is 56.8 Å². The van der Waals surface area contributed by atoms with Gasteiger partial charge in [0.05, 0.1) is 4.83 Å². The summed E-state index contributed by atoms with van der Waals surface area (Å²) in [4.78, 5) is 3.14. The summed E-state index contributed by atoms with van der Waals surface area (Å²) in [6, 6.07) is 11.3. The van der Waals surface area contributed by atoms with E-state index < -0.39 is 0 Å². The molecule has 0 aliphatic rings. The first-order valence-corrected chi connectivity index (χ1v) is 8.15. The van der Waals surface area contributed by atoms with E-state index in [-0.39, 0.29) is 0 Å². The molecule has 0 amide bonds. The number of benzene rings is 1. The van der Waals surface area contributed by atoms with Crippen LogP contribution in [0, 0.1) is 13.8 Å². The van der Waals surface area contributed by atoms with Crippen LogP contribution in [0.2, 0.25) is 0 Å². The van der Waals surface area contributed by atoms with Crippen LogP contribution in [0.25, 0.3) is 0 Å². The monoisotopic (exact) mass is 322 g/mol. The Morgan fingerprint density at radius 2 is 1.83 bits per heavy atom. The molecule has 0 radical (unpaired) electrons. The van der Waals surface area contributed by atoms with E-state index in [0.29, 0.717) is 4.83 Å². The van der Waals surface area contributed by atoms with E-state index in [1.54, 1.807) is 0 Å². The fourth-order valence-electron chi connectivity index (χ4n) is 2.03. The summed E-state index contributed by atoms with van der Waals surface area (Å²) in [6.07, 6.45) is 2.38. The Morgan fingerprint density at radius 3 is 2.33 bits per heavy atom. The molecule has 0 saturated carbocycles. The molecular formula is C16H19BrS. The molecule has 1 heterocycles. The Labute approximate surface area is 122 Å². The van der Waals surface area contributed by atoms with Crippen molar-refractivity contribution >= 4 is 27.3 Å². The van der Waals surface area contributed by atoms with Crippen molar-refractivity contribution in [1.82, 2.24) is 0 Å². The molecule has 2 heteroatoms. The topological polar surface area (TPSA) is 0 Å². The van der Waals surface area contributed by atoms with Gasteiger partial charge in [-0.1, -0.05) is 53.5 Å². The summed E-state index contributed by atoms with van der Waals surface area (Å²) in [7, 11) is 0. The Balaban J connectivity index is 2.20. The van der Waals surface area contributed by atoms with E-state index in [2.05, 4.69) is 67.0 Å². The number of halogens is 1. The maximum Gasteiger partial charge on any atom is 0.0738 e. The van der Waals surface area contributed by atoms with Gasteiger partial charge in [-0.05, 0) is 43.0 Å². The summed E-state index contributed by atoms with van der Waals surface area (Å²) in [5.74, 6) is 0. The van der Waals surface area contributed by atoms with Crippen LogP contribution in [0.5, 0.6) is 0 Å². The fourth-order valence-corrected chi connectivity index (χ4v) is 3.80. The largest absolute Gasteiger partial charge is 0.144 e. The second kappa shape index (κ2) is 6.03. The summed E-state index contributed by atoms with van der Waals surface area (Å²) >= 11 is 5.70. The van der Waals surface area contributed by atoms with Gasteiger partial charge in [-0.25, -0.2) is 0 Å². The first-order chi connectivity index (χ1) is 8.61. The maximum absolute atomic E-state index is 3.82. The molecule has 18 heavy (non-hydrogen) atoms. The molecule has 0 aliphatic carbocycles. The SMILES string of the molecule is CCCc1ccc(C(Br)c2cc(C)c(C)s2)cc1. The number of hydrogen-bond acceptors (Lipinski definition) is 1. The number of alkyl halides is 1. The minimum Gasteiger partial charge on any atom is -0.144 e. The zero-order chi connectivity index (χ0) is 13.1. The molecule has 0 N–H and O–H groups in total. The first-order valence-electron chi connectivity index (χ1n) is 6.41. The minimum absolute atomic E-state index is 0.325. The first kappa shape index (κ1) is 13.8. The molecule has 1 unspecified atom stereocenters. The van der Waals surface area contributed by atoms with Crippen molar-refractivity contribution in [2.45, 2.75) is 38.4 Å². The molecule has 2 aromatic rings. The molecule has 0 spiro atoms. The number of rotatable bonds is 4. The number of hydrogen-bond donors (Lipinski definition) is 0. The van der Waals surface area contributed by atoms with E-state index in [1.165, 1.54) is 39.3 Å². The standard InChI is InChI=1S/C16H19BrS/c1-4-5-13-6-8-14(9-7-13)16(17)15-10-11(2)12(3)18-15/h6-10,16H,4-5H2,1-3H3. The third-order valence-electron chi connectivity index (χ3n) is 3.25. The van der Waals surface area contributed by atoms with Crippen molar-refractivity contribution in [1.29, 1.82) is 0 Å². The van der Waals surface area contributed by atoms with Crippen molar-refractivity contribution in [2.75, 3.05) is 0 Å². The quantitative estimate of drug-likeness (QED) is 0.624. The van der Waals surface area contributed by atoms with E-state index in [0.717, 1.165) is 0 Å². The van der Waals surface area contributed by atoms with Gasteiger partial charge in [-0.3, -0.25) is 0 Å². The van der Waals surface area contributed by atoms with Gasteiger partial charge in [0, 0.05) is 9.75 Å². The third-order valence-corrected chi connectivity index (χ3v) is 5.79. The van der Waals surface area contributed by atoms with Crippen molar-refractivity contribution in [3.8, 4) is 0 Å². The van der Waals surface area contributed by atoms with Gasteiger partial charge in [0.25, 0.3) is 0 Å². The van der Waals surface area contributed by atoms with Gasteiger partial charge in [0.2, 0.25) is 0 Å². The van der Waals surface area contributed by atoms with Gasteiger partial charge in [0.1, 0.15) is 0 Å². The van der Waals surface area contributed by atoms with Crippen LogP contribution >= 0.6 is 27.3 Å². The van der Waals surface area contributed by atoms with Gasteiger partial charge < -0.3 is 0 Å². The highest BCUT2D eigenvalue weighted by molar-refractivity contribution is 9.09. The van der Waals surface area contributed by atoms with Crippen LogP contribution in [0.1, 0.15) is 44.6 Å². The van der Waals surface area contributed by atoms with Crippen LogP contribution in [-0.4, -0.2) is 0 Å². The van der Waals surface area contributed by atoms with Crippen LogP contribution in [0.4, 0.5) is 0 Å². The van der Waals surface area contributed by atoms with E-state index >= 15 is 0 Å². The zero-order valence-electron chi connectivity index (χ0n) is 11.2. The minimum atomic E-state index is 0.325. The van der Waals surface area contributed by atoms with E-state index in [9.17, 15) is 0 Å². The highest BCUT2D eigenvalue weighted by Crippen LogP contribution is 2.36. The Bertz CT molecular complexity index is 491. The molecule has 2 rings (SSSR count). The Hall–Kier alpha value is -0.600. The normalized spacial score (nSPS) is 12.7. The lowest BCUT2D eigenvalue weighted by Gasteiger charge is -2.09. The smallest absolute Gasteiger partial charge is 0.0738 e. The lowest BCUT2D eigenvalue weighted by Crippen LogP contribution is -1.91. The molecule has 1 aromatic carbocycles. The number of aryl methyl sites for hydroxylation is 3. The molecule has 0 nitrogen and oxygen atoms in total. The van der Waals surface area contributed by atoms with Crippen LogP contribution in [0.15, 0.2) is 30.3 Å². The zero-order valence-corrected chi connectivity index (χ0v) is 13.6. The van der Waals surface area contributed by atoms with Crippen LogP contribution < -0.4 is 0 Å². The molecule has 0 aliphatic heterocycles. The maximum atomic E-state index is 3.82. The predicted octanol–water partition coefficient (Wildman–Crippen LogP) is 5.80. The molecule has 0 bridgehead atoms. The van der Waals surface area contributed by atoms with Crippen LogP contribution in [0.3, 0.4) is 0 Å². The molecule has 1 aromatic heterocycles. The average Bonchev–Trinajstić information content (AvgIpc) is 2.70. The molecule has 0 fully saturated rings. The van der Waals surface area contributed by atoms with Crippen LogP contribution in [-0.2, 0) is 6.42 Å². The molecule has 0 saturated heterocycles. The van der Waals surface area contributed by atoms with Gasteiger partial charge in [-0.2, -0.15) is 0 Å². The Morgan fingerprint density at radius 1 is 1.17 bits per heavy atom. The van der Waals surface area contributed by atoms with Crippen molar-refractivity contribution < 1.29 is 0 Å². The molecule has 96 valence electrons. The third kappa shape index (κ3) is 3.04. The van der Waals surface area contributed by atoms with Gasteiger partial charge in [0.15, 0.2) is 0 Å². The van der Waals surface area contributed by atoms with Gasteiger partial charge >= 0.3 is 0 Å². The highest BCUT2D eigenvalue weighted by Gasteiger charge is 2.13. The Kier molecular flexibility index (Phi) is 4.63. The predicted molar refractivity (Wildman–Crippen MR) is 85.0 cm³/mol. The summed E-state index contributed by atoms with van der Waals surface area (Å²) in [5, 5.41) is 0. The fraction of sp³-hybridized carbons (Fsp3) is 0.375. The molecule has 1 atom stereocenters. The van der Waals surface area contributed by atoms with E-state index in [1.807, 2.05) is 11.3 Å². The summed E-state index contributed by atoms with van der Waals surface area (Å²) in [6.45, 7) is 6.59. The summed E-state index contributed by atoms with van der Waals surface area (Å²) < 4.78 is 0.